The van der Waals surface area contributed by atoms with Crippen molar-refractivity contribution in [3.8, 4) is 0 Å². The summed E-state index contributed by atoms with van der Waals surface area (Å²) in [5.41, 5.74) is 2.29. The molecule has 7 nitrogen and oxygen atoms in total. The summed E-state index contributed by atoms with van der Waals surface area (Å²) < 4.78 is 1.84. The first-order chi connectivity index (χ1) is 14.3. The van der Waals surface area contributed by atoms with Crippen LogP contribution in [0.2, 0.25) is 0 Å². The fraction of sp³-hybridized carbons (Fsp3) is 0.542. The van der Waals surface area contributed by atoms with E-state index in [9.17, 15) is 9.59 Å². The molecule has 0 spiro atoms. The van der Waals surface area contributed by atoms with Crippen molar-refractivity contribution in [2.24, 2.45) is 0 Å². The van der Waals surface area contributed by atoms with E-state index in [1.165, 1.54) is 4.90 Å². The van der Waals surface area contributed by atoms with Gasteiger partial charge in [-0.1, -0.05) is 45.4 Å². The first-order valence-electron chi connectivity index (χ1n) is 10.8. The van der Waals surface area contributed by atoms with Crippen LogP contribution in [0.4, 0.5) is 16.3 Å². The minimum atomic E-state index is -0.294. The lowest BCUT2D eigenvalue weighted by Crippen LogP contribution is -2.41. The average Bonchev–Trinajstić information content (AvgIpc) is 3.07. The van der Waals surface area contributed by atoms with Gasteiger partial charge in [0.25, 0.3) is 0 Å². The molecule has 1 heterocycles. The van der Waals surface area contributed by atoms with E-state index in [0.717, 1.165) is 17.7 Å². The second-order valence-corrected chi connectivity index (χ2v) is 10.0. The summed E-state index contributed by atoms with van der Waals surface area (Å²) in [6.45, 7) is 16.8. The molecule has 0 radical (unpaired) electrons. The molecule has 1 aromatic carbocycles. The van der Waals surface area contributed by atoms with Gasteiger partial charge < -0.3 is 15.5 Å². The Morgan fingerprint density at radius 1 is 1.03 bits per heavy atom. The Morgan fingerprint density at radius 2 is 1.65 bits per heavy atom. The highest BCUT2D eigenvalue weighted by Crippen LogP contribution is 2.28. The lowest BCUT2D eigenvalue weighted by molar-refractivity contribution is -0.116. The Balaban J connectivity index is 2.15. The van der Waals surface area contributed by atoms with Crippen LogP contribution in [0.25, 0.3) is 0 Å². The van der Waals surface area contributed by atoms with Crippen molar-refractivity contribution >= 4 is 23.4 Å². The van der Waals surface area contributed by atoms with Gasteiger partial charge in [0, 0.05) is 23.7 Å². The fourth-order valence-electron chi connectivity index (χ4n) is 3.07. The highest BCUT2D eigenvalue weighted by atomic mass is 16.2. The summed E-state index contributed by atoms with van der Waals surface area (Å²) in [6.07, 6.45) is 0.753. The third kappa shape index (κ3) is 6.84. The number of carbonyl (C=O) groups is 2. The summed E-state index contributed by atoms with van der Waals surface area (Å²) in [4.78, 5) is 27.1. The zero-order valence-corrected chi connectivity index (χ0v) is 20.2. The Labute approximate surface area is 186 Å². The predicted molar refractivity (Wildman–Crippen MR) is 127 cm³/mol. The van der Waals surface area contributed by atoms with Crippen LogP contribution in [0.5, 0.6) is 0 Å². The Kier molecular flexibility index (Phi) is 7.52. The molecule has 1 aromatic heterocycles. The molecular formula is C24H37N5O2. The number of benzene rings is 1. The number of anilines is 2. The van der Waals surface area contributed by atoms with Crippen molar-refractivity contribution in [1.82, 2.24) is 14.7 Å². The molecule has 170 valence electrons. The van der Waals surface area contributed by atoms with E-state index in [4.69, 9.17) is 5.10 Å². The minimum Gasteiger partial charge on any atom is -0.315 e. The van der Waals surface area contributed by atoms with E-state index in [2.05, 4.69) is 31.4 Å². The van der Waals surface area contributed by atoms with Gasteiger partial charge in [0.15, 0.2) is 0 Å². The zero-order chi connectivity index (χ0) is 23.4. The van der Waals surface area contributed by atoms with Crippen LogP contribution >= 0.6 is 0 Å². The second-order valence-electron chi connectivity index (χ2n) is 10.0. The highest BCUT2D eigenvalue weighted by molar-refractivity contribution is 5.96. The largest absolute Gasteiger partial charge is 0.322 e. The van der Waals surface area contributed by atoms with Gasteiger partial charge in [0.2, 0.25) is 5.91 Å². The molecule has 0 saturated carbocycles. The molecule has 2 rings (SSSR count). The van der Waals surface area contributed by atoms with Gasteiger partial charge in [0.05, 0.1) is 11.2 Å². The van der Waals surface area contributed by atoms with Gasteiger partial charge in [-0.2, -0.15) is 5.10 Å². The molecule has 31 heavy (non-hydrogen) atoms. The van der Waals surface area contributed by atoms with Gasteiger partial charge in [-0.3, -0.25) is 4.79 Å². The number of nitrogens with one attached hydrogen (secondary N) is 2. The minimum absolute atomic E-state index is 0.0360. The number of urea groups is 1. The van der Waals surface area contributed by atoms with Crippen LogP contribution in [0.3, 0.4) is 0 Å². The molecule has 0 unspecified atom stereocenters. The summed E-state index contributed by atoms with van der Waals surface area (Å²) >= 11 is 0. The number of nitrogens with zero attached hydrogens (tertiary/aromatic N) is 3. The SMILES string of the molecule is CCCN(CC(=O)Nc1cc(C(C)(C)C)nn1C(C)(C)C)C(=O)Nc1ccc(C)cc1. The van der Waals surface area contributed by atoms with Crippen molar-refractivity contribution in [3.63, 3.8) is 0 Å². The smallest absolute Gasteiger partial charge is 0.315 e. The number of hydrogen-bond acceptors (Lipinski definition) is 3. The summed E-state index contributed by atoms with van der Waals surface area (Å²) in [6, 6.07) is 9.21. The third-order valence-corrected chi connectivity index (χ3v) is 4.80. The topological polar surface area (TPSA) is 79.3 Å². The molecule has 0 fully saturated rings. The van der Waals surface area contributed by atoms with Gasteiger partial charge in [0.1, 0.15) is 12.4 Å². The molecule has 0 aliphatic heterocycles. The summed E-state index contributed by atoms with van der Waals surface area (Å²) in [5.74, 6) is 0.385. The van der Waals surface area contributed by atoms with Crippen LogP contribution in [0.1, 0.15) is 66.1 Å². The molecule has 0 saturated heterocycles. The van der Waals surface area contributed by atoms with Crippen LogP contribution in [-0.4, -0.2) is 39.7 Å². The Hall–Kier alpha value is -2.83. The maximum absolute atomic E-state index is 12.9. The Bertz CT molecular complexity index is 902. The quantitative estimate of drug-likeness (QED) is 0.671. The van der Waals surface area contributed by atoms with Crippen molar-refractivity contribution in [2.75, 3.05) is 23.7 Å². The first-order valence-corrected chi connectivity index (χ1v) is 10.8. The number of rotatable bonds is 6. The molecule has 0 aliphatic rings. The van der Waals surface area contributed by atoms with Crippen LogP contribution in [0.15, 0.2) is 30.3 Å². The van der Waals surface area contributed by atoms with E-state index < -0.39 is 0 Å². The van der Waals surface area contributed by atoms with Crippen LogP contribution < -0.4 is 10.6 Å². The molecule has 7 heteroatoms. The fourth-order valence-corrected chi connectivity index (χ4v) is 3.07. The average molecular weight is 428 g/mol. The second kappa shape index (κ2) is 9.54. The van der Waals surface area contributed by atoms with Crippen molar-refractivity contribution < 1.29 is 9.59 Å². The third-order valence-electron chi connectivity index (χ3n) is 4.80. The zero-order valence-electron chi connectivity index (χ0n) is 20.2. The van der Waals surface area contributed by atoms with E-state index >= 15 is 0 Å². The molecule has 2 N–H and O–H groups in total. The van der Waals surface area contributed by atoms with Gasteiger partial charge in [-0.25, -0.2) is 9.48 Å². The van der Waals surface area contributed by atoms with E-state index in [1.807, 2.05) is 69.6 Å². The number of hydrogen-bond donors (Lipinski definition) is 2. The standard InChI is InChI=1S/C24H37N5O2/c1-9-14-28(22(31)25-18-12-10-17(2)11-13-18)16-21(30)26-20-15-19(23(3,4)5)27-29(20)24(6,7)8/h10-13,15H,9,14,16H2,1-8H3,(H,25,31)(H,26,30). The number of carbonyl (C=O) groups excluding carboxylic acids is 2. The lowest BCUT2D eigenvalue weighted by atomic mass is 9.92. The number of aromatic nitrogens is 2. The maximum Gasteiger partial charge on any atom is 0.322 e. The normalized spacial score (nSPS) is 11.9. The van der Waals surface area contributed by atoms with Gasteiger partial charge in [-0.15, -0.1) is 0 Å². The van der Waals surface area contributed by atoms with Crippen molar-refractivity contribution in [2.45, 2.75) is 72.8 Å². The summed E-state index contributed by atoms with van der Waals surface area (Å²) in [5, 5.41) is 10.6. The lowest BCUT2D eigenvalue weighted by Gasteiger charge is -2.24. The van der Waals surface area contributed by atoms with Gasteiger partial charge >= 0.3 is 6.03 Å². The van der Waals surface area contributed by atoms with E-state index in [1.54, 1.807) is 0 Å². The number of aryl methyl sites for hydroxylation is 1. The van der Waals surface area contributed by atoms with E-state index in [0.29, 0.717) is 18.1 Å². The molecule has 3 amide bonds. The monoisotopic (exact) mass is 427 g/mol. The summed E-state index contributed by atoms with van der Waals surface area (Å²) in [7, 11) is 0. The predicted octanol–water partition coefficient (Wildman–Crippen LogP) is 5.13. The molecule has 0 aliphatic carbocycles. The van der Waals surface area contributed by atoms with Crippen molar-refractivity contribution in [1.29, 1.82) is 0 Å². The van der Waals surface area contributed by atoms with E-state index in [-0.39, 0.29) is 29.4 Å². The number of amides is 3. The molecule has 0 atom stereocenters. The highest BCUT2D eigenvalue weighted by Gasteiger charge is 2.26. The molecule has 2 aromatic rings. The van der Waals surface area contributed by atoms with Crippen LogP contribution in [-0.2, 0) is 15.7 Å². The molecule has 0 bridgehead atoms. The van der Waals surface area contributed by atoms with Gasteiger partial charge in [-0.05, 0) is 46.2 Å². The maximum atomic E-state index is 12.9. The first kappa shape index (κ1) is 24.4. The van der Waals surface area contributed by atoms with Crippen LogP contribution in [0, 0.1) is 6.92 Å². The Morgan fingerprint density at radius 3 is 2.16 bits per heavy atom. The molecular weight excluding hydrogens is 390 g/mol. The van der Waals surface area contributed by atoms with Crippen molar-refractivity contribution in [3.05, 3.63) is 41.6 Å².